The first-order valence-electron chi connectivity index (χ1n) is 11.1. The summed E-state index contributed by atoms with van der Waals surface area (Å²) in [6.45, 7) is 5.25. The summed E-state index contributed by atoms with van der Waals surface area (Å²) in [6, 6.07) is 16.4. The molecule has 4 aromatic rings. The fraction of sp³-hybridized carbons (Fsp3) is 0.222. The maximum atomic E-state index is 14.1. The number of hydrogen-bond acceptors (Lipinski definition) is 3. The number of fused-ring (bicyclic) bond motifs is 1. The van der Waals surface area contributed by atoms with Crippen molar-refractivity contribution >= 4 is 17.0 Å². The Morgan fingerprint density at radius 1 is 0.971 bits per heavy atom. The van der Waals surface area contributed by atoms with E-state index < -0.39 is 17.7 Å². The molecule has 0 radical (unpaired) electrons. The molecule has 0 saturated carbocycles. The molecule has 0 unspecified atom stereocenters. The van der Waals surface area contributed by atoms with Crippen molar-refractivity contribution in [2.75, 3.05) is 20.2 Å². The highest BCUT2D eigenvalue weighted by molar-refractivity contribution is 5.99. The zero-order valence-corrected chi connectivity index (χ0v) is 19.3. The predicted octanol–water partition coefficient (Wildman–Crippen LogP) is 6.48. The Morgan fingerprint density at radius 2 is 1.71 bits per heavy atom. The molecule has 0 aliphatic rings. The first-order valence-corrected chi connectivity index (χ1v) is 11.1. The highest BCUT2D eigenvalue weighted by Crippen LogP contribution is 2.39. The van der Waals surface area contributed by atoms with E-state index in [2.05, 4.69) is 0 Å². The van der Waals surface area contributed by atoms with Gasteiger partial charge in [-0.25, -0.2) is 13.6 Å². The van der Waals surface area contributed by atoms with Crippen molar-refractivity contribution in [2.24, 2.45) is 0 Å². The van der Waals surface area contributed by atoms with Gasteiger partial charge in [-0.05, 0) is 67.4 Å². The van der Waals surface area contributed by atoms with E-state index in [-0.39, 0.29) is 5.75 Å². The van der Waals surface area contributed by atoms with E-state index in [4.69, 9.17) is 9.47 Å². The molecule has 0 aliphatic carbocycles. The van der Waals surface area contributed by atoms with Crippen LogP contribution in [0.1, 0.15) is 19.4 Å². The second-order valence-corrected chi connectivity index (χ2v) is 7.87. The Kier molecular flexibility index (Phi) is 6.82. The zero-order valence-electron chi connectivity index (χ0n) is 19.3. The molecule has 3 aromatic carbocycles. The third kappa shape index (κ3) is 4.73. The summed E-state index contributed by atoms with van der Waals surface area (Å²) >= 11 is 0. The summed E-state index contributed by atoms with van der Waals surface area (Å²) in [5.41, 5.74) is 2.63. The van der Waals surface area contributed by atoms with Crippen LogP contribution in [0.2, 0.25) is 0 Å². The van der Waals surface area contributed by atoms with E-state index in [1.165, 1.54) is 17.0 Å². The lowest BCUT2D eigenvalue weighted by atomic mass is 10.00. The average Bonchev–Trinajstić information content (AvgIpc) is 3.21. The summed E-state index contributed by atoms with van der Waals surface area (Å²) in [5, 5.41) is 0.720. The molecular formula is C27H26F2N2O3. The van der Waals surface area contributed by atoms with Crippen molar-refractivity contribution in [1.29, 1.82) is 0 Å². The van der Waals surface area contributed by atoms with Gasteiger partial charge in [0.1, 0.15) is 23.1 Å². The summed E-state index contributed by atoms with van der Waals surface area (Å²) in [4.78, 5) is 14.2. The minimum absolute atomic E-state index is 0.244. The van der Waals surface area contributed by atoms with Gasteiger partial charge in [-0.1, -0.05) is 12.1 Å². The van der Waals surface area contributed by atoms with E-state index in [9.17, 15) is 13.6 Å². The predicted molar refractivity (Wildman–Crippen MR) is 128 cm³/mol. The average molecular weight is 465 g/mol. The van der Waals surface area contributed by atoms with Crippen LogP contribution >= 0.6 is 0 Å². The number of benzene rings is 3. The molecule has 7 heteroatoms. The highest BCUT2D eigenvalue weighted by Gasteiger charge is 2.20. The van der Waals surface area contributed by atoms with Crippen LogP contribution < -0.4 is 9.47 Å². The number of halogens is 2. The summed E-state index contributed by atoms with van der Waals surface area (Å²) in [5.74, 6) is -0.406. The van der Waals surface area contributed by atoms with Crippen molar-refractivity contribution in [3.63, 3.8) is 0 Å². The van der Waals surface area contributed by atoms with E-state index in [1.807, 2.05) is 61.0 Å². The van der Waals surface area contributed by atoms with Crippen LogP contribution in [0.4, 0.5) is 13.6 Å². The van der Waals surface area contributed by atoms with Crippen LogP contribution in [0.15, 0.2) is 66.9 Å². The molecular weight excluding hydrogens is 438 g/mol. The topological polar surface area (TPSA) is 43.7 Å². The monoisotopic (exact) mass is 464 g/mol. The minimum atomic E-state index is -0.705. The lowest BCUT2D eigenvalue weighted by molar-refractivity contribution is 0.157. The second kappa shape index (κ2) is 9.95. The lowest BCUT2D eigenvalue weighted by Crippen LogP contribution is -2.33. The minimum Gasteiger partial charge on any atom is -0.497 e. The van der Waals surface area contributed by atoms with Crippen LogP contribution in [0.25, 0.3) is 22.0 Å². The number of hydrogen-bond donors (Lipinski definition) is 0. The van der Waals surface area contributed by atoms with Gasteiger partial charge in [-0.15, -0.1) is 0 Å². The number of methoxy groups -OCH3 is 1. The molecule has 0 spiro atoms. The normalized spacial score (nSPS) is 11.0. The van der Waals surface area contributed by atoms with Gasteiger partial charge in [0.05, 0.1) is 7.11 Å². The maximum absolute atomic E-state index is 14.1. The number of aromatic nitrogens is 1. The van der Waals surface area contributed by atoms with Crippen LogP contribution in [0, 0.1) is 11.6 Å². The third-order valence-electron chi connectivity index (χ3n) is 5.77. The summed E-state index contributed by atoms with van der Waals surface area (Å²) in [7, 11) is 1.62. The number of carbonyl (C=O) groups is 1. The Hall–Kier alpha value is -3.87. The van der Waals surface area contributed by atoms with Crippen LogP contribution in [-0.4, -0.2) is 35.8 Å². The van der Waals surface area contributed by atoms with Gasteiger partial charge < -0.3 is 18.9 Å². The van der Waals surface area contributed by atoms with Gasteiger partial charge in [0.2, 0.25) is 0 Å². The molecule has 4 rings (SSSR count). The molecule has 176 valence electrons. The van der Waals surface area contributed by atoms with Gasteiger partial charge >= 0.3 is 6.09 Å². The maximum Gasteiger partial charge on any atom is 0.415 e. The third-order valence-corrected chi connectivity index (χ3v) is 5.77. The molecule has 0 saturated heterocycles. The molecule has 0 N–H and O–H groups in total. The number of carbonyl (C=O) groups excluding carboxylic acids is 1. The molecule has 0 aliphatic heterocycles. The highest BCUT2D eigenvalue weighted by atomic mass is 19.1. The first kappa shape index (κ1) is 23.3. The molecule has 1 amide bonds. The Balaban J connectivity index is 1.83. The van der Waals surface area contributed by atoms with Gasteiger partial charge in [0.15, 0.2) is 0 Å². The quantitative estimate of drug-likeness (QED) is 0.314. The standard InChI is InChI=1S/C27H26F2N2O3/c1-4-30(5-2)27(32)34-25-10-9-24-23(26(25)19-14-20(28)16-21(29)15-19)11-12-31(24)17-18-7-6-8-22(13-18)33-3/h6-16H,4-5,17H2,1-3H3. The van der Waals surface area contributed by atoms with E-state index >= 15 is 0 Å². The van der Waals surface area contributed by atoms with E-state index in [0.29, 0.717) is 30.8 Å². The van der Waals surface area contributed by atoms with E-state index in [1.54, 1.807) is 13.2 Å². The Labute approximate surface area is 197 Å². The van der Waals surface area contributed by atoms with Crippen molar-refractivity contribution in [3.8, 4) is 22.6 Å². The lowest BCUT2D eigenvalue weighted by Gasteiger charge is -2.20. The summed E-state index contributed by atoms with van der Waals surface area (Å²) < 4.78 is 41.3. The van der Waals surface area contributed by atoms with Gasteiger partial charge in [0.25, 0.3) is 0 Å². The Morgan fingerprint density at radius 3 is 2.38 bits per heavy atom. The molecule has 1 aromatic heterocycles. The van der Waals surface area contributed by atoms with Crippen molar-refractivity contribution in [1.82, 2.24) is 9.47 Å². The van der Waals surface area contributed by atoms with Gasteiger partial charge in [-0.3, -0.25) is 0 Å². The van der Waals surface area contributed by atoms with E-state index in [0.717, 1.165) is 28.3 Å². The smallest absolute Gasteiger partial charge is 0.415 e. The fourth-order valence-corrected chi connectivity index (χ4v) is 4.08. The van der Waals surface area contributed by atoms with Crippen LogP contribution in [-0.2, 0) is 6.54 Å². The van der Waals surface area contributed by atoms with Crippen LogP contribution in [0.5, 0.6) is 11.5 Å². The SMILES string of the molecule is CCN(CC)C(=O)Oc1ccc2c(ccn2Cc2cccc(OC)c2)c1-c1cc(F)cc(F)c1. The van der Waals surface area contributed by atoms with Gasteiger partial charge in [0, 0.05) is 48.4 Å². The molecule has 0 bridgehead atoms. The van der Waals surface area contributed by atoms with Crippen molar-refractivity contribution in [2.45, 2.75) is 20.4 Å². The first-order chi connectivity index (χ1) is 16.4. The number of rotatable bonds is 7. The largest absolute Gasteiger partial charge is 0.497 e. The summed E-state index contributed by atoms with van der Waals surface area (Å²) in [6.07, 6.45) is 1.39. The zero-order chi connectivity index (χ0) is 24.2. The molecule has 5 nitrogen and oxygen atoms in total. The van der Waals surface area contributed by atoms with Crippen LogP contribution in [0.3, 0.4) is 0 Å². The number of nitrogens with zero attached hydrogens (tertiary/aromatic N) is 2. The van der Waals surface area contributed by atoms with Crippen molar-refractivity contribution in [3.05, 3.63) is 84.1 Å². The number of amides is 1. The van der Waals surface area contributed by atoms with Crippen molar-refractivity contribution < 1.29 is 23.0 Å². The Bertz CT molecular complexity index is 1310. The molecule has 0 atom stereocenters. The van der Waals surface area contributed by atoms with Gasteiger partial charge in [-0.2, -0.15) is 0 Å². The molecule has 0 fully saturated rings. The number of ether oxygens (including phenoxy) is 2. The fourth-order valence-electron chi connectivity index (χ4n) is 4.08. The molecule has 34 heavy (non-hydrogen) atoms. The second-order valence-electron chi connectivity index (χ2n) is 7.87. The molecule has 1 heterocycles.